The summed E-state index contributed by atoms with van der Waals surface area (Å²) in [4.78, 5) is 4.26. The van der Waals surface area contributed by atoms with E-state index in [9.17, 15) is 0 Å². The number of aromatic nitrogens is 2. The predicted molar refractivity (Wildman–Crippen MR) is 82.2 cm³/mol. The van der Waals surface area contributed by atoms with Crippen LogP contribution in [-0.4, -0.2) is 27.9 Å². The Labute approximate surface area is 125 Å². The van der Waals surface area contributed by atoms with Crippen LogP contribution < -0.4 is 4.74 Å². The minimum Gasteiger partial charge on any atom is -0.493 e. The summed E-state index contributed by atoms with van der Waals surface area (Å²) in [5.74, 6) is 7.83. The van der Waals surface area contributed by atoms with Gasteiger partial charge in [0.15, 0.2) is 0 Å². The quantitative estimate of drug-likeness (QED) is 0.855. The second-order valence-electron chi connectivity index (χ2n) is 4.80. The van der Waals surface area contributed by atoms with Crippen LogP contribution in [0.15, 0.2) is 30.6 Å². The van der Waals surface area contributed by atoms with E-state index in [0.29, 0.717) is 13.0 Å². The second kappa shape index (κ2) is 7.51. The number of aliphatic hydroxyl groups is 1. The molecular formula is C17H20N2O2. The van der Waals surface area contributed by atoms with Crippen molar-refractivity contribution in [3.63, 3.8) is 0 Å². The highest BCUT2D eigenvalue weighted by Crippen LogP contribution is 2.17. The molecule has 1 N–H and O–H groups in total. The molecule has 0 aliphatic carbocycles. The molecule has 0 fully saturated rings. The molecule has 1 aromatic carbocycles. The lowest BCUT2D eigenvalue weighted by Crippen LogP contribution is -2.06. The summed E-state index contributed by atoms with van der Waals surface area (Å²) in [5.41, 5.74) is 2.05. The Morgan fingerprint density at radius 2 is 2.24 bits per heavy atom. The van der Waals surface area contributed by atoms with Crippen LogP contribution in [0.2, 0.25) is 0 Å². The van der Waals surface area contributed by atoms with Crippen molar-refractivity contribution in [2.75, 3.05) is 13.2 Å². The van der Waals surface area contributed by atoms with Gasteiger partial charge in [0.1, 0.15) is 11.6 Å². The molecule has 0 unspecified atom stereocenters. The van der Waals surface area contributed by atoms with E-state index in [1.807, 2.05) is 42.9 Å². The van der Waals surface area contributed by atoms with Gasteiger partial charge in [0.05, 0.1) is 13.2 Å². The maximum absolute atomic E-state index is 8.72. The number of rotatable bonds is 5. The molecule has 1 aromatic heterocycles. The van der Waals surface area contributed by atoms with E-state index in [4.69, 9.17) is 9.84 Å². The first-order valence-corrected chi connectivity index (χ1v) is 7.00. The van der Waals surface area contributed by atoms with Gasteiger partial charge in [-0.15, -0.1) is 0 Å². The summed E-state index contributed by atoms with van der Waals surface area (Å²) in [6, 6.07) is 5.87. The largest absolute Gasteiger partial charge is 0.493 e. The summed E-state index contributed by atoms with van der Waals surface area (Å²) >= 11 is 0. The fraction of sp³-hybridized carbons (Fsp3) is 0.353. The molecule has 0 radical (unpaired) electrons. The molecule has 4 heteroatoms. The third-order valence-corrected chi connectivity index (χ3v) is 3.17. The lowest BCUT2D eigenvalue weighted by atomic mass is 10.1. The van der Waals surface area contributed by atoms with Gasteiger partial charge in [0, 0.05) is 37.8 Å². The van der Waals surface area contributed by atoms with E-state index in [2.05, 4.69) is 16.8 Å². The van der Waals surface area contributed by atoms with Gasteiger partial charge in [-0.05, 0) is 30.7 Å². The van der Waals surface area contributed by atoms with Gasteiger partial charge in [-0.25, -0.2) is 4.98 Å². The lowest BCUT2D eigenvalue weighted by molar-refractivity contribution is 0.305. The number of benzene rings is 1. The molecule has 0 aliphatic heterocycles. The summed E-state index contributed by atoms with van der Waals surface area (Å²) in [6.07, 6.45) is 5.00. The number of hydrogen-bond donors (Lipinski definition) is 1. The Hall–Kier alpha value is -2.25. The van der Waals surface area contributed by atoms with E-state index in [1.54, 1.807) is 6.20 Å². The molecule has 21 heavy (non-hydrogen) atoms. The van der Waals surface area contributed by atoms with Gasteiger partial charge in [0.25, 0.3) is 0 Å². The second-order valence-corrected chi connectivity index (χ2v) is 4.80. The van der Waals surface area contributed by atoms with Crippen LogP contribution in [0.1, 0.15) is 23.4 Å². The number of aryl methyl sites for hydroxylation is 2. The van der Waals surface area contributed by atoms with Crippen molar-refractivity contribution in [3.8, 4) is 17.6 Å². The first-order chi connectivity index (χ1) is 10.2. The van der Waals surface area contributed by atoms with Crippen molar-refractivity contribution < 1.29 is 9.84 Å². The van der Waals surface area contributed by atoms with Crippen LogP contribution in [0.4, 0.5) is 0 Å². The van der Waals surface area contributed by atoms with Gasteiger partial charge in [-0.2, -0.15) is 0 Å². The number of hydrogen-bond acceptors (Lipinski definition) is 3. The number of nitrogens with zero attached hydrogens (tertiary/aromatic N) is 2. The van der Waals surface area contributed by atoms with Crippen molar-refractivity contribution in [2.45, 2.75) is 19.8 Å². The van der Waals surface area contributed by atoms with Crippen LogP contribution in [-0.2, 0) is 13.5 Å². The number of ether oxygens (including phenoxy) is 1. The Morgan fingerprint density at radius 1 is 1.38 bits per heavy atom. The highest BCUT2D eigenvalue weighted by molar-refractivity contribution is 5.44. The molecule has 110 valence electrons. The number of imidazole rings is 1. The Kier molecular flexibility index (Phi) is 5.42. The van der Waals surface area contributed by atoms with E-state index < -0.39 is 0 Å². The van der Waals surface area contributed by atoms with Gasteiger partial charge in [-0.1, -0.05) is 11.8 Å². The van der Waals surface area contributed by atoms with E-state index in [-0.39, 0.29) is 6.61 Å². The van der Waals surface area contributed by atoms with Crippen LogP contribution in [0.3, 0.4) is 0 Å². The van der Waals surface area contributed by atoms with Crippen LogP contribution in [0, 0.1) is 18.8 Å². The Bertz CT molecular complexity index is 650. The highest BCUT2D eigenvalue weighted by Gasteiger charge is 2.02. The van der Waals surface area contributed by atoms with Crippen LogP contribution >= 0.6 is 0 Å². The van der Waals surface area contributed by atoms with Crippen molar-refractivity contribution in [1.29, 1.82) is 0 Å². The normalized spacial score (nSPS) is 10.0. The Morgan fingerprint density at radius 3 is 2.90 bits per heavy atom. The molecule has 2 rings (SSSR count). The third-order valence-electron chi connectivity index (χ3n) is 3.17. The fourth-order valence-electron chi connectivity index (χ4n) is 1.98. The Balaban J connectivity index is 1.91. The lowest BCUT2D eigenvalue weighted by Gasteiger charge is -2.08. The molecule has 2 aromatic rings. The van der Waals surface area contributed by atoms with E-state index in [1.165, 1.54) is 0 Å². The summed E-state index contributed by atoms with van der Waals surface area (Å²) in [7, 11) is 1.98. The molecule has 1 heterocycles. The minimum atomic E-state index is 0.0977. The third kappa shape index (κ3) is 4.37. The van der Waals surface area contributed by atoms with Crippen LogP contribution in [0.5, 0.6) is 5.75 Å². The monoisotopic (exact) mass is 284 g/mol. The number of aliphatic hydroxyl groups excluding tert-OH is 1. The maximum atomic E-state index is 8.72. The summed E-state index contributed by atoms with van der Waals surface area (Å²) in [5, 5.41) is 8.72. The van der Waals surface area contributed by atoms with E-state index >= 15 is 0 Å². The first-order valence-electron chi connectivity index (χ1n) is 7.00. The van der Waals surface area contributed by atoms with Crippen LogP contribution in [0.25, 0.3) is 0 Å². The average Bonchev–Trinajstić information content (AvgIpc) is 2.87. The van der Waals surface area contributed by atoms with E-state index in [0.717, 1.165) is 29.1 Å². The molecular weight excluding hydrogens is 264 g/mol. The topological polar surface area (TPSA) is 47.3 Å². The van der Waals surface area contributed by atoms with Crippen molar-refractivity contribution >= 4 is 0 Å². The summed E-state index contributed by atoms with van der Waals surface area (Å²) < 4.78 is 7.75. The molecule has 0 atom stereocenters. The maximum Gasteiger partial charge on any atom is 0.119 e. The smallest absolute Gasteiger partial charge is 0.119 e. The van der Waals surface area contributed by atoms with Gasteiger partial charge < -0.3 is 14.4 Å². The SMILES string of the molecule is Cc1cc(OCCc2nccn2C)ccc1C#CCCO. The summed E-state index contributed by atoms with van der Waals surface area (Å²) in [6.45, 7) is 2.70. The fourth-order valence-corrected chi connectivity index (χ4v) is 1.98. The van der Waals surface area contributed by atoms with Gasteiger partial charge in [0.2, 0.25) is 0 Å². The highest BCUT2D eigenvalue weighted by atomic mass is 16.5. The molecule has 0 amide bonds. The minimum absolute atomic E-state index is 0.0977. The molecule has 0 saturated carbocycles. The average molecular weight is 284 g/mol. The zero-order chi connectivity index (χ0) is 15.1. The molecule has 0 spiro atoms. The van der Waals surface area contributed by atoms with Gasteiger partial charge in [-0.3, -0.25) is 0 Å². The van der Waals surface area contributed by atoms with Gasteiger partial charge >= 0.3 is 0 Å². The zero-order valence-corrected chi connectivity index (χ0v) is 12.5. The predicted octanol–water partition coefficient (Wildman–Crippen LogP) is 2.08. The van der Waals surface area contributed by atoms with Crippen molar-refractivity contribution in [2.24, 2.45) is 7.05 Å². The van der Waals surface area contributed by atoms with Crippen molar-refractivity contribution in [1.82, 2.24) is 9.55 Å². The molecule has 0 bridgehead atoms. The van der Waals surface area contributed by atoms with Crippen molar-refractivity contribution in [3.05, 3.63) is 47.5 Å². The molecule has 0 saturated heterocycles. The first kappa shape index (κ1) is 15.1. The standard InChI is InChI=1S/C17H20N2O2/c1-14-13-16(7-6-15(14)5-3-4-11-20)21-12-8-17-18-9-10-19(17)2/h6-7,9-10,13,20H,4,8,11-12H2,1-2H3. The molecule has 4 nitrogen and oxygen atoms in total. The zero-order valence-electron chi connectivity index (χ0n) is 12.5. The molecule has 0 aliphatic rings.